The van der Waals surface area contributed by atoms with E-state index in [-0.39, 0.29) is 5.41 Å². The van der Waals surface area contributed by atoms with E-state index in [1.165, 1.54) is 0 Å². The molecule has 1 aromatic heterocycles. The van der Waals surface area contributed by atoms with Gasteiger partial charge in [-0.3, -0.25) is 4.98 Å². The van der Waals surface area contributed by atoms with Crippen LogP contribution in [0, 0.1) is 18.3 Å². The van der Waals surface area contributed by atoms with E-state index in [9.17, 15) is 0 Å². The van der Waals surface area contributed by atoms with Crippen LogP contribution in [0.25, 0.3) is 0 Å². The molecule has 2 heteroatoms. The first-order chi connectivity index (χ1) is 6.95. The molecule has 0 aromatic carbocycles. The Morgan fingerprint density at radius 1 is 1.20 bits per heavy atom. The third-order valence-corrected chi connectivity index (χ3v) is 1.97. The van der Waals surface area contributed by atoms with Crippen molar-refractivity contribution in [3.8, 4) is 6.07 Å². The lowest BCUT2D eigenvalue weighted by Crippen LogP contribution is -2.14. The fourth-order valence-electron chi connectivity index (χ4n) is 1.10. The maximum Gasteiger partial charge on any atom is 0.101 e. The molecule has 82 valence electrons. The highest BCUT2D eigenvalue weighted by atomic mass is 14.7. The third kappa shape index (κ3) is 3.71. The number of hydrogen-bond acceptors (Lipinski definition) is 2. The van der Waals surface area contributed by atoms with Crippen molar-refractivity contribution in [1.82, 2.24) is 4.98 Å². The fraction of sp³-hybridized carbons (Fsp3) is 0.538. The van der Waals surface area contributed by atoms with Gasteiger partial charge in [-0.1, -0.05) is 34.6 Å². The first-order valence-electron chi connectivity index (χ1n) is 5.33. The van der Waals surface area contributed by atoms with Gasteiger partial charge in [0, 0.05) is 11.1 Å². The predicted octanol–water partition coefficient (Wildman–Crippen LogP) is 3.59. The molecule has 0 bridgehead atoms. The van der Waals surface area contributed by atoms with Gasteiger partial charge in [0.1, 0.15) is 6.07 Å². The van der Waals surface area contributed by atoms with E-state index < -0.39 is 0 Å². The van der Waals surface area contributed by atoms with E-state index in [2.05, 4.69) is 31.8 Å². The largest absolute Gasteiger partial charge is 0.256 e. The summed E-state index contributed by atoms with van der Waals surface area (Å²) in [6, 6.07) is 5.87. The van der Waals surface area contributed by atoms with Crippen LogP contribution in [0.1, 0.15) is 51.6 Å². The molecule has 0 saturated heterocycles. The molecule has 1 aromatic rings. The van der Waals surface area contributed by atoms with Crippen LogP contribution in [-0.4, -0.2) is 4.98 Å². The zero-order chi connectivity index (χ0) is 12.1. The Balaban J connectivity index is 0.000000921. The number of pyridine rings is 1. The van der Waals surface area contributed by atoms with Crippen molar-refractivity contribution < 1.29 is 0 Å². The first-order valence-corrected chi connectivity index (χ1v) is 5.33. The van der Waals surface area contributed by atoms with Crippen LogP contribution in [0.2, 0.25) is 0 Å². The van der Waals surface area contributed by atoms with Crippen LogP contribution >= 0.6 is 0 Å². The van der Waals surface area contributed by atoms with Crippen molar-refractivity contribution in [2.75, 3.05) is 0 Å². The summed E-state index contributed by atoms with van der Waals surface area (Å²) < 4.78 is 0. The smallest absolute Gasteiger partial charge is 0.101 e. The molecule has 0 N–H and O–H groups in total. The summed E-state index contributed by atoms with van der Waals surface area (Å²) in [5.74, 6) is 0. The number of aryl methyl sites for hydroxylation is 1. The highest BCUT2D eigenvalue weighted by Crippen LogP contribution is 2.20. The number of nitrogens with zero attached hydrogens (tertiary/aromatic N) is 2. The molecule has 0 aliphatic heterocycles. The van der Waals surface area contributed by atoms with E-state index in [1.807, 2.05) is 32.9 Å². The van der Waals surface area contributed by atoms with Gasteiger partial charge in [-0.15, -0.1) is 0 Å². The van der Waals surface area contributed by atoms with Gasteiger partial charge < -0.3 is 0 Å². The van der Waals surface area contributed by atoms with Crippen molar-refractivity contribution in [1.29, 1.82) is 5.26 Å². The summed E-state index contributed by atoms with van der Waals surface area (Å²) in [7, 11) is 0. The van der Waals surface area contributed by atoms with Crippen molar-refractivity contribution in [2.45, 2.75) is 47.0 Å². The number of nitriles is 1. The minimum Gasteiger partial charge on any atom is -0.256 e. The summed E-state index contributed by atoms with van der Waals surface area (Å²) in [5.41, 5.74) is 2.56. The van der Waals surface area contributed by atoms with Gasteiger partial charge >= 0.3 is 0 Å². The summed E-state index contributed by atoms with van der Waals surface area (Å²) in [6.45, 7) is 12.2. The van der Waals surface area contributed by atoms with E-state index in [1.54, 1.807) is 0 Å². The van der Waals surface area contributed by atoms with E-state index >= 15 is 0 Å². The Bertz CT molecular complexity index is 354. The fourth-order valence-corrected chi connectivity index (χ4v) is 1.10. The van der Waals surface area contributed by atoms with Gasteiger partial charge in [-0.05, 0) is 19.1 Å². The highest BCUT2D eigenvalue weighted by molar-refractivity contribution is 5.34. The van der Waals surface area contributed by atoms with Crippen LogP contribution < -0.4 is 0 Å². The standard InChI is InChI=1S/C11H14N2.C2H6/c1-8-9(7-12)5-6-10(13-8)11(2,3)4;1-2/h5-6H,1-4H3;1-2H3. The summed E-state index contributed by atoms with van der Waals surface area (Å²) in [4.78, 5) is 4.39. The molecule has 0 unspecified atom stereocenters. The van der Waals surface area contributed by atoms with E-state index in [4.69, 9.17) is 5.26 Å². The SMILES string of the molecule is CC.Cc1nc(C(C)(C)C)ccc1C#N. The zero-order valence-electron chi connectivity index (χ0n) is 10.5. The Hall–Kier alpha value is -1.36. The maximum absolute atomic E-state index is 8.72. The van der Waals surface area contributed by atoms with Crippen LogP contribution in [0.5, 0.6) is 0 Å². The van der Waals surface area contributed by atoms with Crippen LogP contribution in [0.3, 0.4) is 0 Å². The first kappa shape index (κ1) is 13.6. The number of rotatable bonds is 0. The molecule has 0 radical (unpaired) electrons. The van der Waals surface area contributed by atoms with Gasteiger partial charge in [0.2, 0.25) is 0 Å². The molecule has 1 heterocycles. The van der Waals surface area contributed by atoms with Crippen molar-refractivity contribution in [3.63, 3.8) is 0 Å². The average Bonchev–Trinajstić information content (AvgIpc) is 2.19. The Labute approximate surface area is 93.0 Å². The number of hydrogen-bond donors (Lipinski definition) is 0. The summed E-state index contributed by atoms with van der Waals surface area (Å²) in [6.07, 6.45) is 0. The lowest BCUT2D eigenvalue weighted by molar-refractivity contribution is 0.567. The molecular weight excluding hydrogens is 184 g/mol. The molecule has 0 atom stereocenters. The second-order valence-electron chi connectivity index (χ2n) is 4.19. The number of aromatic nitrogens is 1. The van der Waals surface area contributed by atoms with Crippen molar-refractivity contribution in [3.05, 3.63) is 29.1 Å². The normalized spacial score (nSPS) is 9.93. The Morgan fingerprint density at radius 2 is 1.73 bits per heavy atom. The topological polar surface area (TPSA) is 36.7 Å². The lowest BCUT2D eigenvalue weighted by Gasteiger charge is -2.18. The second-order valence-corrected chi connectivity index (χ2v) is 4.19. The van der Waals surface area contributed by atoms with Gasteiger partial charge in [0.05, 0.1) is 11.3 Å². The minimum atomic E-state index is 0.0543. The summed E-state index contributed by atoms with van der Waals surface area (Å²) in [5, 5.41) is 8.72. The predicted molar refractivity (Wildman–Crippen MR) is 63.7 cm³/mol. The van der Waals surface area contributed by atoms with Crippen LogP contribution in [-0.2, 0) is 5.41 Å². The third-order valence-electron chi connectivity index (χ3n) is 1.97. The average molecular weight is 204 g/mol. The van der Waals surface area contributed by atoms with Crippen molar-refractivity contribution in [2.24, 2.45) is 0 Å². The monoisotopic (exact) mass is 204 g/mol. The zero-order valence-corrected chi connectivity index (χ0v) is 10.5. The lowest BCUT2D eigenvalue weighted by atomic mass is 9.91. The summed E-state index contributed by atoms with van der Waals surface area (Å²) >= 11 is 0. The van der Waals surface area contributed by atoms with Crippen molar-refractivity contribution >= 4 is 0 Å². The molecule has 0 aliphatic carbocycles. The second kappa shape index (κ2) is 5.50. The molecule has 0 fully saturated rings. The van der Waals surface area contributed by atoms with Gasteiger partial charge in [-0.2, -0.15) is 5.26 Å². The maximum atomic E-state index is 8.72. The highest BCUT2D eigenvalue weighted by Gasteiger charge is 2.15. The van der Waals surface area contributed by atoms with E-state index in [0.29, 0.717) is 5.56 Å². The quantitative estimate of drug-likeness (QED) is 0.647. The molecule has 0 aliphatic rings. The van der Waals surface area contributed by atoms with Gasteiger partial charge in [0.15, 0.2) is 0 Å². The Morgan fingerprint density at radius 3 is 2.07 bits per heavy atom. The molecule has 0 spiro atoms. The van der Waals surface area contributed by atoms with Gasteiger partial charge in [-0.25, -0.2) is 0 Å². The molecule has 0 amide bonds. The molecule has 0 saturated carbocycles. The Kier molecular flexibility index (Phi) is 5.00. The van der Waals surface area contributed by atoms with Gasteiger partial charge in [0.25, 0.3) is 0 Å². The molecule has 2 nitrogen and oxygen atoms in total. The van der Waals surface area contributed by atoms with Crippen LogP contribution in [0.15, 0.2) is 12.1 Å². The minimum absolute atomic E-state index is 0.0543. The molecule has 15 heavy (non-hydrogen) atoms. The molecule has 1 rings (SSSR count). The van der Waals surface area contributed by atoms with E-state index in [0.717, 1.165) is 11.4 Å². The van der Waals surface area contributed by atoms with Crippen LogP contribution in [0.4, 0.5) is 0 Å². The molecular formula is C13H20N2.